The summed E-state index contributed by atoms with van der Waals surface area (Å²) in [6.45, 7) is 7.75. The van der Waals surface area contributed by atoms with Crippen molar-refractivity contribution in [2.24, 2.45) is 0 Å². The number of rotatable bonds is 1. The Morgan fingerprint density at radius 3 is 2.21 bits per heavy atom. The van der Waals surface area contributed by atoms with Crippen molar-refractivity contribution in [2.45, 2.75) is 33.1 Å². The molecule has 0 aliphatic rings. The molecule has 1 aromatic heterocycles. The number of aryl methyl sites for hydroxylation is 1. The fraction of sp³-hybridized carbons (Fsp3) is 0.333. The summed E-state index contributed by atoms with van der Waals surface area (Å²) < 4.78 is 0. The topological polar surface area (TPSA) is 66.0 Å². The molecule has 4 nitrogen and oxygen atoms in total. The van der Waals surface area contributed by atoms with E-state index in [1.165, 1.54) is 0 Å². The Morgan fingerprint density at radius 1 is 1.16 bits per heavy atom. The Bertz CT molecular complexity index is 649. The number of nitrogens with one attached hydrogen (secondary N) is 1. The number of nitrogens with zero attached hydrogens (tertiary/aromatic N) is 1. The van der Waals surface area contributed by atoms with Crippen molar-refractivity contribution in [3.63, 3.8) is 0 Å². The zero-order valence-corrected chi connectivity index (χ0v) is 11.6. The first-order valence-electron chi connectivity index (χ1n) is 6.20. The monoisotopic (exact) mass is 258 g/mol. The molecule has 0 amide bonds. The first-order valence-corrected chi connectivity index (χ1v) is 6.20. The number of hydrogen-bond donors (Lipinski definition) is 2. The predicted molar refractivity (Wildman–Crippen MR) is 75.4 cm³/mol. The van der Waals surface area contributed by atoms with Gasteiger partial charge in [0.25, 0.3) is 5.56 Å². The van der Waals surface area contributed by atoms with Crippen molar-refractivity contribution < 1.29 is 5.11 Å². The van der Waals surface area contributed by atoms with E-state index < -0.39 is 0 Å². The van der Waals surface area contributed by atoms with E-state index in [0.29, 0.717) is 11.4 Å². The van der Waals surface area contributed by atoms with E-state index in [9.17, 15) is 9.90 Å². The Kier molecular flexibility index (Phi) is 3.18. The van der Waals surface area contributed by atoms with Crippen LogP contribution < -0.4 is 5.56 Å². The van der Waals surface area contributed by atoms with E-state index in [-0.39, 0.29) is 22.4 Å². The molecule has 0 saturated carbocycles. The van der Waals surface area contributed by atoms with Gasteiger partial charge in [0.2, 0.25) is 5.88 Å². The molecular formula is C15H18N2O2. The molecule has 0 fully saturated rings. The van der Waals surface area contributed by atoms with Crippen LogP contribution in [0.3, 0.4) is 0 Å². The van der Waals surface area contributed by atoms with Crippen LogP contribution in [0.2, 0.25) is 0 Å². The molecular weight excluding hydrogens is 240 g/mol. The molecule has 100 valence electrons. The van der Waals surface area contributed by atoms with E-state index in [1.807, 2.05) is 39.8 Å². The molecule has 0 aliphatic heterocycles. The quantitative estimate of drug-likeness (QED) is 0.826. The summed E-state index contributed by atoms with van der Waals surface area (Å²) in [6.07, 6.45) is 0. The van der Waals surface area contributed by atoms with Crippen molar-refractivity contribution >= 4 is 0 Å². The summed E-state index contributed by atoms with van der Waals surface area (Å²) in [6, 6.07) is 7.40. The molecule has 2 aromatic rings. The minimum Gasteiger partial charge on any atom is -0.493 e. The molecule has 0 atom stereocenters. The van der Waals surface area contributed by atoms with Gasteiger partial charge in [-0.25, -0.2) is 0 Å². The van der Waals surface area contributed by atoms with Crippen molar-refractivity contribution in [3.8, 4) is 17.0 Å². The van der Waals surface area contributed by atoms with Gasteiger partial charge in [0.05, 0.1) is 0 Å². The van der Waals surface area contributed by atoms with Crippen LogP contribution in [-0.2, 0) is 5.41 Å². The van der Waals surface area contributed by atoms with Gasteiger partial charge >= 0.3 is 0 Å². The molecule has 1 heterocycles. The van der Waals surface area contributed by atoms with Gasteiger partial charge in [-0.2, -0.15) is 4.98 Å². The summed E-state index contributed by atoms with van der Waals surface area (Å²) in [7, 11) is 0. The summed E-state index contributed by atoms with van der Waals surface area (Å²) >= 11 is 0. The lowest BCUT2D eigenvalue weighted by atomic mass is 9.95. The third-order valence-corrected chi connectivity index (χ3v) is 2.95. The average molecular weight is 258 g/mol. The van der Waals surface area contributed by atoms with Crippen LogP contribution in [-0.4, -0.2) is 15.1 Å². The average Bonchev–Trinajstić information content (AvgIpc) is 2.29. The second-order valence-corrected chi connectivity index (χ2v) is 5.73. The third-order valence-electron chi connectivity index (χ3n) is 2.95. The standard InChI is InChI=1S/C15H18N2O2/c1-9-5-7-10(8-6-9)11-12(18)16-14(15(2,3)4)17-13(11)19/h5-8H,1-4H3,(H2,16,17,18,19). The minimum atomic E-state index is -0.318. The van der Waals surface area contributed by atoms with Crippen LogP contribution >= 0.6 is 0 Å². The van der Waals surface area contributed by atoms with Gasteiger partial charge in [0.15, 0.2) is 0 Å². The van der Waals surface area contributed by atoms with Gasteiger partial charge in [-0.15, -0.1) is 0 Å². The Morgan fingerprint density at radius 2 is 1.74 bits per heavy atom. The number of aromatic amines is 1. The second-order valence-electron chi connectivity index (χ2n) is 5.73. The highest BCUT2D eigenvalue weighted by molar-refractivity contribution is 5.67. The van der Waals surface area contributed by atoms with Crippen molar-refractivity contribution in [3.05, 3.63) is 46.0 Å². The first kappa shape index (κ1) is 13.3. The van der Waals surface area contributed by atoms with Gasteiger partial charge in [0, 0.05) is 5.41 Å². The maximum atomic E-state index is 12.1. The molecule has 19 heavy (non-hydrogen) atoms. The molecule has 2 N–H and O–H groups in total. The first-order chi connectivity index (χ1) is 8.79. The van der Waals surface area contributed by atoms with E-state index >= 15 is 0 Å². The van der Waals surface area contributed by atoms with E-state index in [2.05, 4.69) is 9.97 Å². The second kappa shape index (κ2) is 4.53. The molecule has 0 bridgehead atoms. The molecule has 2 rings (SSSR count). The van der Waals surface area contributed by atoms with Gasteiger partial charge in [-0.1, -0.05) is 50.6 Å². The van der Waals surface area contributed by atoms with Crippen LogP contribution in [0.1, 0.15) is 32.2 Å². The summed E-state index contributed by atoms with van der Waals surface area (Å²) in [5.74, 6) is 0.253. The van der Waals surface area contributed by atoms with Crippen LogP contribution in [0, 0.1) is 6.92 Å². The lowest BCUT2D eigenvalue weighted by molar-refractivity contribution is 0.437. The third kappa shape index (κ3) is 2.67. The fourth-order valence-corrected chi connectivity index (χ4v) is 1.80. The highest BCUT2D eigenvalue weighted by Gasteiger charge is 2.20. The van der Waals surface area contributed by atoms with Crippen LogP contribution in [0.4, 0.5) is 0 Å². The molecule has 0 saturated heterocycles. The molecule has 0 aliphatic carbocycles. The van der Waals surface area contributed by atoms with Crippen molar-refractivity contribution in [1.29, 1.82) is 0 Å². The smallest absolute Gasteiger partial charge is 0.262 e. The van der Waals surface area contributed by atoms with Gasteiger partial charge < -0.3 is 10.1 Å². The normalized spacial score (nSPS) is 11.6. The van der Waals surface area contributed by atoms with Crippen LogP contribution in [0.15, 0.2) is 29.1 Å². The number of H-pyrrole nitrogens is 1. The predicted octanol–water partition coefficient (Wildman–Crippen LogP) is 2.75. The highest BCUT2D eigenvalue weighted by Crippen LogP contribution is 2.26. The maximum absolute atomic E-state index is 12.1. The minimum absolute atomic E-state index is 0.216. The number of aromatic nitrogens is 2. The van der Waals surface area contributed by atoms with E-state index in [4.69, 9.17) is 0 Å². The lowest BCUT2D eigenvalue weighted by Crippen LogP contribution is -2.22. The number of aromatic hydroxyl groups is 1. The Balaban J connectivity index is 2.60. The molecule has 0 spiro atoms. The highest BCUT2D eigenvalue weighted by atomic mass is 16.3. The molecule has 4 heteroatoms. The fourth-order valence-electron chi connectivity index (χ4n) is 1.80. The largest absolute Gasteiger partial charge is 0.493 e. The van der Waals surface area contributed by atoms with E-state index in [1.54, 1.807) is 12.1 Å². The zero-order chi connectivity index (χ0) is 14.2. The summed E-state index contributed by atoms with van der Waals surface area (Å²) in [5, 5.41) is 10.0. The number of benzene rings is 1. The zero-order valence-electron chi connectivity index (χ0n) is 11.6. The van der Waals surface area contributed by atoms with Crippen LogP contribution in [0.5, 0.6) is 5.88 Å². The lowest BCUT2D eigenvalue weighted by Gasteiger charge is -2.17. The van der Waals surface area contributed by atoms with E-state index in [0.717, 1.165) is 5.56 Å². The molecule has 1 aromatic carbocycles. The molecule has 0 unspecified atom stereocenters. The number of hydrogen-bond acceptors (Lipinski definition) is 3. The van der Waals surface area contributed by atoms with Crippen molar-refractivity contribution in [2.75, 3.05) is 0 Å². The Hall–Kier alpha value is -2.10. The van der Waals surface area contributed by atoms with Gasteiger partial charge in [-0.05, 0) is 12.5 Å². The van der Waals surface area contributed by atoms with Gasteiger partial charge in [-0.3, -0.25) is 4.79 Å². The summed E-state index contributed by atoms with van der Waals surface area (Å²) in [4.78, 5) is 19.0. The SMILES string of the molecule is Cc1ccc(-c2c(O)nc(C(C)(C)C)[nH]c2=O)cc1. The maximum Gasteiger partial charge on any atom is 0.262 e. The van der Waals surface area contributed by atoms with Crippen LogP contribution in [0.25, 0.3) is 11.1 Å². The molecule has 0 radical (unpaired) electrons. The Labute approximate surface area is 112 Å². The van der Waals surface area contributed by atoms with Gasteiger partial charge in [0.1, 0.15) is 11.4 Å². The summed E-state index contributed by atoms with van der Waals surface area (Å²) in [5.41, 5.74) is 1.34. The van der Waals surface area contributed by atoms with Crippen molar-refractivity contribution in [1.82, 2.24) is 9.97 Å².